The smallest absolute Gasteiger partial charge is 0.227 e. The second kappa shape index (κ2) is 5.28. The van der Waals surface area contributed by atoms with Crippen LogP contribution >= 0.6 is 11.6 Å². The summed E-state index contributed by atoms with van der Waals surface area (Å²) in [5.74, 6) is 2.28. The Balaban J connectivity index is 1.77. The molecular formula is C16H20ClNO2. The van der Waals surface area contributed by atoms with Gasteiger partial charge in [0.1, 0.15) is 5.75 Å². The summed E-state index contributed by atoms with van der Waals surface area (Å²) in [5, 5.41) is 3.69. The van der Waals surface area contributed by atoms with Crippen LogP contribution in [-0.4, -0.2) is 13.0 Å². The Bertz CT molecular complexity index is 544. The molecule has 0 heterocycles. The first kappa shape index (κ1) is 13.7. The van der Waals surface area contributed by atoms with E-state index in [1.165, 1.54) is 19.3 Å². The number of halogens is 1. The molecule has 2 aliphatic carbocycles. The Morgan fingerprint density at radius 2 is 2.15 bits per heavy atom. The molecule has 0 aromatic heterocycles. The van der Waals surface area contributed by atoms with Crippen molar-refractivity contribution in [3.05, 3.63) is 22.7 Å². The fourth-order valence-corrected chi connectivity index (χ4v) is 3.87. The number of hydrogen-bond acceptors (Lipinski definition) is 2. The van der Waals surface area contributed by atoms with Crippen molar-refractivity contribution in [1.82, 2.24) is 0 Å². The summed E-state index contributed by atoms with van der Waals surface area (Å²) < 4.78 is 5.31. The second-order valence-electron chi connectivity index (χ2n) is 6.07. The molecule has 0 saturated heterocycles. The number of rotatable bonds is 3. The van der Waals surface area contributed by atoms with Gasteiger partial charge in [0.05, 0.1) is 12.8 Å². The number of anilines is 1. The lowest BCUT2D eigenvalue weighted by Crippen LogP contribution is -2.27. The maximum absolute atomic E-state index is 12.5. The van der Waals surface area contributed by atoms with Crippen LogP contribution in [0, 0.1) is 24.7 Å². The van der Waals surface area contributed by atoms with E-state index < -0.39 is 0 Å². The van der Waals surface area contributed by atoms with E-state index >= 15 is 0 Å². The lowest BCUT2D eigenvalue weighted by Gasteiger charge is -2.21. The molecule has 20 heavy (non-hydrogen) atoms. The largest absolute Gasteiger partial charge is 0.495 e. The zero-order valence-electron chi connectivity index (χ0n) is 11.9. The first-order valence-electron chi connectivity index (χ1n) is 7.23. The first-order valence-corrected chi connectivity index (χ1v) is 7.61. The van der Waals surface area contributed by atoms with Crippen LogP contribution in [0.2, 0.25) is 5.02 Å². The molecule has 1 N–H and O–H groups in total. The molecule has 3 nitrogen and oxygen atoms in total. The van der Waals surface area contributed by atoms with Gasteiger partial charge in [-0.3, -0.25) is 4.79 Å². The van der Waals surface area contributed by atoms with E-state index in [1.54, 1.807) is 13.2 Å². The summed E-state index contributed by atoms with van der Waals surface area (Å²) >= 11 is 6.09. The Morgan fingerprint density at radius 3 is 2.75 bits per heavy atom. The summed E-state index contributed by atoms with van der Waals surface area (Å²) in [5.41, 5.74) is 1.66. The third-order valence-electron chi connectivity index (χ3n) is 4.81. The molecule has 2 aliphatic rings. The van der Waals surface area contributed by atoms with Crippen molar-refractivity contribution in [1.29, 1.82) is 0 Å². The lowest BCUT2D eigenvalue weighted by molar-refractivity contribution is -0.121. The van der Waals surface area contributed by atoms with Gasteiger partial charge in [0, 0.05) is 17.0 Å². The van der Waals surface area contributed by atoms with Gasteiger partial charge < -0.3 is 10.1 Å². The third-order valence-corrected chi connectivity index (χ3v) is 5.22. The van der Waals surface area contributed by atoms with Gasteiger partial charge in [0.25, 0.3) is 0 Å². The molecule has 0 radical (unpaired) electrons. The first-order chi connectivity index (χ1) is 9.58. The molecule has 3 atom stereocenters. The van der Waals surface area contributed by atoms with E-state index in [9.17, 15) is 4.79 Å². The minimum atomic E-state index is 0.136. The minimum Gasteiger partial charge on any atom is -0.495 e. The molecule has 3 rings (SSSR count). The van der Waals surface area contributed by atoms with Gasteiger partial charge >= 0.3 is 0 Å². The maximum atomic E-state index is 12.5. The van der Waals surface area contributed by atoms with Gasteiger partial charge in [-0.15, -0.1) is 0 Å². The summed E-state index contributed by atoms with van der Waals surface area (Å²) in [7, 11) is 1.59. The number of methoxy groups -OCH3 is 1. The van der Waals surface area contributed by atoms with Crippen LogP contribution in [0.5, 0.6) is 5.75 Å². The van der Waals surface area contributed by atoms with Crippen LogP contribution in [0.25, 0.3) is 0 Å². The molecule has 2 fully saturated rings. The zero-order valence-corrected chi connectivity index (χ0v) is 12.7. The number of hydrogen-bond donors (Lipinski definition) is 1. The summed E-state index contributed by atoms with van der Waals surface area (Å²) in [6.07, 6.45) is 4.79. The van der Waals surface area contributed by atoms with Crippen LogP contribution in [0.1, 0.15) is 31.2 Å². The molecule has 2 bridgehead atoms. The number of carbonyl (C=O) groups is 1. The number of ether oxygens (including phenoxy) is 1. The molecule has 0 aliphatic heterocycles. The Hall–Kier alpha value is -1.22. The molecular weight excluding hydrogens is 274 g/mol. The van der Waals surface area contributed by atoms with Crippen molar-refractivity contribution >= 4 is 23.2 Å². The van der Waals surface area contributed by atoms with Crippen LogP contribution in [-0.2, 0) is 4.79 Å². The molecule has 4 heteroatoms. The average Bonchev–Trinajstić information content (AvgIpc) is 3.05. The Morgan fingerprint density at radius 1 is 1.35 bits per heavy atom. The van der Waals surface area contributed by atoms with Gasteiger partial charge in [-0.2, -0.15) is 0 Å². The lowest BCUT2D eigenvalue weighted by atomic mass is 9.88. The van der Waals surface area contributed by atoms with E-state index in [2.05, 4.69) is 5.32 Å². The van der Waals surface area contributed by atoms with Gasteiger partial charge in [-0.05, 0) is 49.7 Å². The van der Waals surface area contributed by atoms with Crippen molar-refractivity contribution in [2.75, 3.05) is 12.4 Å². The maximum Gasteiger partial charge on any atom is 0.227 e. The minimum absolute atomic E-state index is 0.136. The van der Waals surface area contributed by atoms with E-state index in [4.69, 9.17) is 16.3 Å². The fourth-order valence-electron chi connectivity index (χ4n) is 3.72. The number of fused-ring (bicyclic) bond motifs is 2. The highest BCUT2D eigenvalue weighted by Crippen LogP contribution is 2.48. The third kappa shape index (κ3) is 2.39. The van der Waals surface area contributed by atoms with Gasteiger partial charge in [0.2, 0.25) is 5.91 Å². The summed E-state index contributed by atoms with van der Waals surface area (Å²) in [6.45, 7) is 1.93. The topological polar surface area (TPSA) is 38.3 Å². The van der Waals surface area contributed by atoms with Crippen molar-refractivity contribution in [2.24, 2.45) is 17.8 Å². The summed E-state index contributed by atoms with van der Waals surface area (Å²) in [4.78, 5) is 12.5. The second-order valence-corrected chi connectivity index (χ2v) is 6.48. The average molecular weight is 294 g/mol. The standard InChI is InChI=1S/C16H20ClNO2/c1-9-5-14(15(20-2)8-13(9)17)18-16(19)12-7-10-3-4-11(12)6-10/h5,8,10-12H,3-4,6-7H2,1-2H3,(H,18,19). The van der Waals surface area contributed by atoms with Crippen molar-refractivity contribution in [2.45, 2.75) is 32.6 Å². The van der Waals surface area contributed by atoms with Crippen LogP contribution < -0.4 is 10.1 Å². The Kier molecular flexibility index (Phi) is 3.63. The normalized spacial score (nSPS) is 27.6. The molecule has 1 aromatic rings. The summed E-state index contributed by atoms with van der Waals surface area (Å²) in [6, 6.07) is 3.64. The van der Waals surface area contributed by atoms with Crippen molar-refractivity contribution < 1.29 is 9.53 Å². The molecule has 1 aromatic carbocycles. The highest BCUT2D eigenvalue weighted by molar-refractivity contribution is 6.31. The highest BCUT2D eigenvalue weighted by atomic mass is 35.5. The highest BCUT2D eigenvalue weighted by Gasteiger charge is 2.43. The number of carbonyl (C=O) groups excluding carboxylic acids is 1. The SMILES string of the molecule is COc1cc(Cl)c(C)cc1NC(=O)C1CC2CCC1C2. The van der Waals surface area contributed by atoms with Crippen LogP contribution in [0.3, 0.4) is 0 Å². The predicted molar refractivity (Wildman–Crippen MR) is 80.3 cm³/mol. The van der Waals surface area contributed by atoms with Gasteiger partial charge in [-0.25, -0.2) is 0 Å². The van der Waals surface area contributed by atoms with E-state index in [0.29, 0.717) is 16.7 Å². The van der Waals surface area contributed by atoms with E-state index in [1.807, 2.05) is 13.0 Å². The molecule has 0 spiro atoms. The monoisotopic (exact) mass is 293 g/mol. The quantitative estimate of drug-likeness (QED) is 0.913. The van der Waals surface area contributed by atoms with Crippen LogP contribution in [0.4, 0.5) is 5.69 Å². The zero-order chi connectivity index (χ0) is 14.3. The predicted octanol–water partition coefficient (Wildman–Crippen LogP) is 4.03. The molecule has 3 unspecified atom stereocenters. The Labute approximate surface area is 124 Å². The number of aryl methyl sites for hydroxylation is 1. The van der Waals surface area contributed by atoms with Crippen LogP contribution in [0.15, 0.2) is 12.1 Å². The molecule has 108 valence electrons. The van der Waals surface area contributed by atoms with E-state index in [-0.39, 0.29) is 11.8 Å². The van der Waals surface area contributed by atoms with Crippen molar-refractivity contribution in [3.8, 4) is 5.75 Å². The molecule has 2 saturated carbocycles. The number of amides is 1. The number of benzene rings is 1. The van der Waals surface area contributed by atoms with Crippen molar-refractivity contribution in [3.63, 3.8) is 0 Å². The number of nitrogens with one attached hydrogen (secondary N) is 1. The van der Waals surface area contributed by atoms with Gasteiger partial charge in [-0.1, -0.05) is 18.0 Å². The van der Waals surface area contributed by atoms with Gasteiger partial charge in [0.15, 0.2) is 0 Å². The van der Waals surface area contributed by atoms with E-state index in [0.717, 1.165) is 23.6 Å². The molecule has 1 amide bonds. The fraction of sp³-hybridized carbons (Fsp3) is 0.562.